The lowest BCUT2D eigenvalue weighted by Gasteiger charge is -2.09. The van der Waals surface area contributed by atoms with Crippen LogP contribution in [0.25, 0.3) is 0 Å². The highest BCUT2D eigenvalue weighted by Crippen LogP contribution is 2.35. The molecular weight excluding hydrogens is 425 g/mol. The van der Waals surface area contributed by atoms with Gasteiger partial charge in [-0.2, -0.15) is 18.3 Å². The van der Waals surface area contributed by atoms with Gasteiger partial charge in [-0.25, -0.2) is 4.79 Å². The highest BCUT2D eigenvalue weighted by molar-refractivity contribution is 7.18. The van der Waals surface area contributed by atoms with Crippen molar-refractivity contribution < 1.29 is 32.3 Å². The fourth-order valence-electron chi connectivity index (χ4n) is 2.51. The van der Waals surface area contributed by atoms with Crippen LogP contribution in [-0.4, -0.2) is 53.2 Å². The number of halogens is 3. The van der Waals surface area contributed by atoms with Crippen molar-refractivity contribution in [3.05, 3.63) is 33.5 Å². The van der Waals surface area contributed by atoms with E-state index in [0.717, 1.165) is 16.0 Å². The average molecular weight is 446 g/mol. The van der Waals surface area contributed by atoms with Gasteiger partial charge in [-0.3, -0.25) is 14.3 Å². The van der Waals surface area contributed by atoms with Crippen molar-refractivity contribution in [3.8, 4) is 0 Å². The van der Waals surface area contributed by atoms with Crippen molar-refractivity contribution in [2.24, 2.45) is 7.05 Å². The monoisotopic (exact) mass is 446 g/mol. The zero-order valence-electron chi connectivity index (χ0n) is 17.0. The van der Waals surface area contributed by atoms with E-state index in [1.165, 1.54) is 33.0 Å². The van der Waals surface area contributed by atoms with Crippen LogP contribution in [0, 0.1) is 6.92 Å². The Balaban J connectivity index is 2.46. The first-order chi connectivity index (χ1) is 13.9. The number of alkyl halides is 3. The van der Waals surface area contributed by atoms with E-state index in [4.69, 9.17) is 4.74 Å². The molecule has 1 N–H and O–H groups in total. The van der Waals surface area contributed by atoms with Gasteiger partial charge in [0.25, 0.3) is 11.8 Å². The molecule has 0 saturated carbocycles. The van der Waals surface area contributed by atoms with Gasteiger partial charge in [0.1, 0.15) is 10.7 Å². The second-order valence-corrected chi connectivity index (χ2v) is 7.61. The first-order valence-corrected chi connectivity index (χ1v) is 9.64. The summed E-state index contributed by atoms with van der Waals surface area (Å²) in [6, 6.07) is 0.608. The molecule has 2 aromatic heterocycles. The third-order valence-electron chi connectivity index (χ3n) is 4.02. The van der Waals surface area contributed by atoms with Gasteiger partial charge >= 0.3 is 12.1 Å². The third kappa shape index (κ3) is 4.81. The number of rotatable bonds is 6. The normalized spacial score (nSPS) is 11.3. The van der Waals surface area contributed by atoms with E-state index in [1.807, 2.05) is 0 Å². The molecule has 8 nitrogen and oxygen atoms in total. The van der Waals surface area contributed by atoms with Gasteiger partial charge in [0.05, 0.1) is 17.0 Å². The molecule has 2 amide bonds. The first-order valence-electron chi connectivity index (χ1n) is 8.83. The number of carbonyl (C=O) groups is 3. The van der Waals surface area contributed by atoms with Gasteiger partial charge in [0.15, 0.2) is 5.69 Å². The maximum atomic E-state index is 12.9. The second-order valence-electron chi connectivity index (χ2n) is 6.59. The molecule has 164 valence electrons. The Morgan fingerprint density at radius 3 is 2.43 bits per heavy atom. The Labute approximate surface area is 174 Å². The van der Waals surface area contributed by atoms with Gasteiger partial charge < -0.3 is 15.0 Å². The van der Waals surface area contributed by atoms with Crippen LogP contribution in [0.5, 0.6) is 0 Å². The molecule has 2 rings (SSSR count). The molecule has 30 heavy (non-hydrogen) atoms. The van der Waals surface area contributed by atoms with Crippen LogP contribution < -0.4 is 5.32 Å². The molecule has 12 heteroatoms. The second kappa shape index (κ2) is 8.86. The molecule has 0 saturated heterocycles. The zero-order valence-corrected chi connectivity index (χ0v) is 17.8. The molecule has 2 aromatic rings. The van der Waals surface area contributed by atoms with Gasteiger partial charge in [0, 0.05) is 27.2 Å². The summed E-state index contributed by atoms with van der Waals surface area (Å²) in [6.45, 7) is 3.48. The number of aryl methyl sites for hydroxylation is 1. The Morgan fingerprint density at radius 2 is 1.93 bits per heavy atom. The smallest absolute Gasteiger partial charge is 0.435 e. The van der Waals surface area contributed by atoms with Crippen molar-refractivity contribution in [3.63, 3.8) is 0 Å². The standard InChI is InChI=1S/C18H21F3N4O4S/c1-6-7-29-17(28)12-9(2)13(16(27)24(3)4)30-15(12)22-14(26)10-8-11(18(19,20)21)23-25(10)5/h8H,6-7H2,1-5H3,(H,22,26). The minimum absolute atomic E-state index is 0.00906. The average Bonchev–Trinajstić information content (AvgIpc) is 3.19. The van der Waals surface area contributed by atoms with Crippen LogP contribution >= 0.6 is 11.3 Å². The molecule has 0 aliphatic heterocycles. The molecule has 0 unspecified atom stereocenters. The topological polar surface area (TPSA) is 93.5 Å². The lowest BCUT2D eigenvalue weighted by molar-refractivity contribution is -0.141. The Hall–Kier alpha value is -2.89. The van der Waals surface area contributed by atoms with E-state index in [0.29, 0.717) is 18.1 Å². The summed E-state index contributed by atoms with van der Waals surface area (Å²) in [6.07, 6.45) is -4.15. The minimum atomic E-state index is -4.71. The van der Waals surface area contributed by atoms with Gasteiger partial charge in [-0.05, 0) is 18.9 Å². The summed E-state index contributed by atoms with van der Waals surface area (Å²) >= 11 is 0.850. The number of anilines is 1. The fourth-order valence-corrected chi connectivity index (χ4v) is 3.72. The number of amides is 2. The van der Waals surface area contributed by atoms with Crippen LogP contribution in [-0.2, 0) is 18.0 Å². The van der Waals surface area contributed by atoms with E-state index in [1.54, 1.807) is 6.92 Å². The van der Waals surface area contributed by atoms with E-state index >= 15 is 0 Å². The largest absolute Gasteiger partial charge is 0.462 e. The van der Waals surface area contributed by atoms with Crippen LogP contribution in [0.3, 0.4) is 0 Å². The number of hydrogen-bond acceptors (Lipinski definition) is 6. The van der Waals surface area contributed by atoms with Crippen molar-refractivity contribution in [1.82, 2.24) is 14.7 Å². The molecule has 0 aliphatic carbocycles. The zero-order chi connectivity index (χ0) is 22.8. The molecular formula is C18H21F3N4O4S. The van der Waals surface area contributed by atoms with E-state index < -0.39 is 23.7 Å². The first kappa shape index (κ1) is 23.4. The quantitative estimate of drug-likeness (QED) is 0.687. The van der Waals surface area contributed by atoms with Crippen molar-refractivity contribution >= 4 is 34.1 Å². The SMILES string of the molecule is CCCOC(=O)c1c(NC(=O)c2cc(C(F)(F)F)nn2C)sc(C(=O)N(C)C)c1C. The highest BCUT2D eigenvalue weighted by Gasteiger charge is 2.36. The summed E-state index contributed by atoms with van der Waals surface area (Å²) in [5, 5.41) is 5.74. The maximum absolute atomic E-state index is 12.9. The number of aromatic nitrogens is 2. The number of nitrogens with one attached hydrogen (secondary N) is 1. The molecule has 0 aromatic carbocycles. The number of nitrogens with zero attached hydrogens (tertiary/aromatic N) is 3. The highest BCUT2D eigenvalue weighted by atomic mass is 32.1. The predicted molar refractivity (Wildman–Crippen MR) is 104 cm³/mol. The lowest BCUT2D eigenvalue weighted by atomic mass is 10.1. The minimum Gasteiger partial charge on any atom is -0.462 e. The Bertz CT molecular complexity index is 979. The molecule has 0 spiro atoms. The number of thiophene rings is 1. The van der Waals surface area contributed by atoms with Crippen LogP contribution in [0.4, 0.5) is 18.2 Å². The Morgan fingerprint density at radius 1 is 1.30 bits per heavy atom. The van der Waals surface area contributed by atoms with Crippen molar-refractivity contribution in [1.29, 1.82) is 0 Å². The number of hydrogen-bond donors (Lipinski definition) is 1. The van der Waals surface area contributed by atoms with E-state index in [-0.39, 0.29) is 33.6 Å². The van der Waals surface area contributed by atoms with Crippen LogP contribution in [0.2, 0.25) is 0 Å². The van der Waals surface area contributed by atoms with Crippen LogP contribution in [0.15, 0.2) is 6.07 Å². The van der Waals surface area contributed by atoms with E-state index in [2.05, 4.69) is 10.4 Å². The lowest BCUT2D eigenvalue weighted by Crippen LogP contribution is -2.21. The summed E-state index contributed by atoms with van der Waals surface area (Å²) in [4.78, 5) is 39.1. The predicted octanol–water partition coefficient (Wildman–Crippen LogP) is 3.33. The van der Waals surface area contributed by atoms with E-state index in [9.17, 15) is 27.6 Å². The number of ether oxygens (including phenoxy) is 1. The summed E-state index contributed by atoms with van der Waals surface area (Å²) in [5.41, 5.74) is -1.27. The molecule has 0 bridgehead atoms. The van der Waals surface area contributed by atoms with Crippen LogP contribution in [0.1, 0.15) is 55.1 Å². The molecule has 0 atom stereocenters. The summed E-state index contributed by atoms with van der Waals surface area (Å²) < 4.78 is 44.5. The fraction of sp³-hybridized carbons (Fsp3) is 0.444. The molecule has 0 fully saturated rings. The van der Waals surface area contributed by atoms with Crippen molar-refractivity contribution in [2.45, 2.75) is 26.4 Å². The summed E-state index contributed by atoms with van der Waals surface area (Å²) in [5.74, 6) is -2.03. The van der Waals surface area contributed by atoms with Gasteiger partial charge in [-0.15, -0.1) is 11.3 Å². The molecule has 2 heterocycles. The maximum Gasteiger partial charge on any atom is 0.435 e. The van der Waals surface area contributed by atoms with Crippen molar-refractivity contribution in [2.75, 3.05) is 26.0 Å². The Kier molecular flexibility index (Phi) is 6.91. The molecule has 0 radical (unpaired) electrons. The molecule has 0 aliphatic rings. The third-order valence-corrected chi connectivity index (χ3v) is 5.21. The van der Waals surface area contributed by atoms with Gasteiger partial charge in [0.2, 0.25) is 0 Å². The van der Waals surface area contributed by atoms with Gasteiger partial charge in [-0.1, -0.05) is 6.92 Å². The number of carbonyl (C=O) groups excluding carboxylic acids is 3. The summed E-state index contributed by atoms with van der Waals surface area (Å²) in [7, 11) is 4.26. The number of esters is 1.